The van der Waals surface area contributed by atoms with E-state index in [4.69, 9.17) is 4.98 Å². The van der Waals surface area contributed by atoms with Gasteiger partial charge in [0, 0.05) is 24.6 Å². The molecule has 4 rings (SSSR count). The molecule has 0 atom stereocenters. The Morgan fingerprint density at radius 2 is 2.14 bits per heavy atom. The number of imidazole rings is 2. The second-order valence-electron chi connectivity index (χ2n) is 5.35. The Morgan fingerprint density at radius 3 is 3.05 bits per heavy atom. The summed E-state index contributed by atoms with van der Waals surface area (Å²) in [5.41, 5.74) is 3.36. The van der Waals surface area contributed by atoms with Crippen LogP contribution in [0.3, 0.4) is 0 Å². The largest absolute Gasteiger partial charge is 0.369 e. The highest BCUT2D eigenvalue weighted by atomic mass is 15.2. The molecule has 3 heterocycles. The Balaban J connectivity index is 1.92. The first-order valence-corrected chi connectivity index (χ1v) is 7.50. The lowest BCUT2D eigenvalue weighted by Gasteiger charge is -2.15. The van der Waals surface area contributed by atoms with E-state index in [-0.39, 0.29) is 0 Å². The van der Waals surface area contributed by atoms with Crippen LogP contribution in [0.1, 0.15) is 31.2 Å². The Morgan fingerprint density at radius 1 is 1.24 bits per heavy atom. The van der Waals surface area contributed by atoms with Crippen molar-refractivity contribution in [2.24, 2.45) is 0 Å². The topological polar surface area (TPSA) is 60.0 Å². The highest BCUT2D eigenvalue weighted by Crippen LogP contribution is 2.24. The molecule has 0 spiro atoms. The van der Waals surface area contributed by atoms with Crippen molar-refractivity contribution in [2.45, 2.75) is 32.6 Å². The van der Waals surface area contributed by atoms with Crippen LogP contribution in [-0.2, 0) is 12.8 Å². The molecule has 3 aromatic rings. The number of fused-ring (bicyclic) bond motifs is 2. The fourth-order valence-corrected chi connectivity index (χ4v) is 2.99. The van der Waals surface area contributed by atoms with Crippen LogP contribution < -0.4 is 5.32 Å². The van der Waals surface area contributed by atoms with Crippen molar-refractivity contribution in [3.8, 4) is 5.82 Å². The van der Waals surface area contributed by atoms with Gasteiger partial charge in [-0.25, -0.2) is 15.0 Å². The van der Waals surface area contributed by atoms with Crippen molar-refractivity contribution in [3.63, 3.8) is 0 Å². The quantitative estimate of drug-likeness (QED) is 0.800. The minimum atomic E-state index is 0.842. The molecular formula is C15H18N6. The van der Waals surface area contributed by atoms with Crippen LogP contribution in [0.15, 0.2) is 24.9 Å². The van der Waals surface area contributed by atoms with Gasteiger partial charge in [0.05, 0.1) is 11.9 Å². The smallest absolute Gasteiger partial charge is 0.184 e. The van der Waals surface area contributed by atoms with Crippen molar-refractivity contribution >= 4 is 11.5 Å². The summed E-state index contributed by atoms with van der Waals surface area (Å²) in [7, 11) is 0. The van der Waals surface area contributed by atoms with Gasteiger partial charge in [-0.15, -0.1) is 0 Å². The van der Waals surface area contributed by atoms with Crippen LogP contribution in [0.5, 0.6) is 0 Å². The minimum Gasteiger partial charge on any atom is -0.369 e. The van der Waals surface area contributed by atoms with Gasteiger partial charge < -0.3 is 9.72 Å². The van der Waals surface area contributed by atoms with Crippen molar-refractivity contribution < 1.29 is 0 Å². The maximum Gasteiger partial charge on any atom is 0.184 e. The minimum absolute atomic E-state index is 0.842. The molecule has 0 saturated carbocycles. The number of rotatable bonds is 3. The third-order valence-corrected chi connectivity index (χ3v) is 3.97. The summed E-state index contributed by atoms with van der Waals surface area (Å²) in [6.45, 7) is 2.91. The third kappa shape index (κ3) is 1.98. The average molecular weight is 282 g/mol. The average Bonchev–Trinajstić information content (AvgIpc) is 3.13. The number of nitrogens with one attached hydrogen (secondary N) is 1. The Kier molecular flexibility index (Phi) is 2.87. The third-order valence-electron chi connectivity index (χ3n) is 3.97. The molecule has 0 bridgehead atoms. The first-order chi connectivity index (χ1) is 10.4. The van der Waals surface area contributed by atoms with Crippen LogP contribution in [-0.4, -0.2) is 30.5 Å². The molecule has 0 fully saturated rings. The molecule has 1 aliphatic carbocycles. The lowest BCUT2D eigenvalue weighted by molar-refractivity contribution is 0.654. The van der Waals surface area contributed by atoms with Gasteiger partial charge >= 0.3 is 0 Å². The van der Waals surface area contributed by atoms with E-state index in [9.17, 15) is 0 Å². The van der Waals surface area contributed by atoms with E-state index in [0.717, 1.165) is 36.7 Å². The Labute approximate surface area is 122 Å². The van der Waals surface area contributed by atoms with E-state index in [0.29, 0.717) is 0 Å². The predicted molar refractivity (Wildman–Crippen MR) is 80.9 cm³/mol. The van der Waals surface area contributed by atoms with Crippen molar-refractivity contribution in [1.82, 2.24) is 23.9 Å². The standard InChI is InChI=1S/C15H18N6/c1-2-16-13-9-20-8-7-17-14(20)15(19-13)21-10-18-11-5-3-4-6-12(11)21/h7-10,16H,2-6H2,1H3. The van der Waals surface area contributed by atoms with Crippen LogP contribution >= 0.6 is 0 Å². The molecule has 21 heavy (non-hydrogen) atoms. The zero-order chi connectivity index (χ0) is 14.2. The second-order valence-corrected chi connectivity index (χ2v) is 5.35. The maximum absolute atomic E-state index is 4.74. The summed E-state index contributed by atoms with van der Waals surface area (Å²) >= 11 is 0. The number of anilines is 1. The van der Waals surface area contributed by atoms with Gasteiger partial charge in [0.2, 0.25) is 0 Å². The molecule has 6 heteroatoms. The molecule has 6 nitrogen and oxygen atoms in total. The van der Waals surface area contributed by atoms with E-state index in [1.165, 1.54) is 24.2 Å². The highest BCUT2D eigenvalue weighted by Gasteiger charge is 2.19. The summed E-state index contributed by atoms with van der Waals surface area (Å²) < 4.78 is 4.12. The molecule has 0 saturated heterocycles. The maximum atomic E-state index is 4.74. The molecular weight excluding hydrogens is 264 g/mol. The van der Waals surface area contributed by atoms with Gasteiger partial charge in [-0.3, -0.25) is 4.57 Å². The van der Waals surface area contributed by atoms with Gasteiger partial charge in [-0.2, -0.15) is 0 Å². The summed E-state index contributed by atoms with van der Waals surface area (Å²) in [6, 6.07) is 0. The lowest BCUT2D eigenvalue weighted by Crippen LogP contribution is -2.11. The van der Waals surface area contributed by atoms with Crippen molar-refractivity contribution in [1.29, 1.82) is 0 Å². The van der Waals surface area contributed by atoms with Gasteiger partial charge in [0.15, 0.2) is 11.5 Å². The zero-order valence-electron chi connectivity index (χ0n) is 12.1. The monoisotopic (exact) mass is 282 g/mol. The van der Waals surface area contributed by atoms with Gasteiger partial charge in [0.25, 0.3) is 0 Å². The van der Waals surface area contributed by atoms with Crippen molar-refractivity contribution in [3.05, 3.63) is 36.3 Å². The van der Waals surface area contributed by atoms with E-state index >= 15 is 0 Å². The molecule has 1 N–H and O–H groups in total. The van der Waals surface area contributed by atoms with Gasteiger partial charge in [-0.1, -0.05) is 0 Å². The van der Waals surface area contributed by atoms with Gasteiger partial charge in [0.1, 0.15) is 12.1 Å². The first kappa shape index (κ1) is 12.4. The van der Waals surface area contributed by atoms with Crippen molar-refractivity contribution in [2.75, 3.05) is 11.9 Å². The molecule has 0 aromatic carbocycles. The number of hydrogen-bond donors (Lipinski definition) is 1. The molecule has 3 aromatic heterocycles. The van der Waals surface area contributed by atoms with E-state index in [2.05, 4.69) is 26.8 Å². The number of nitrogens with zero attached hydrogens (tertiary/aromatic N) is 5. The molecule has 1 aliphatic rings. The number of hydrogen-bond acceptors (Lipinski definition) is 4. The fraction of sp³-hybridized carbons (Fsp3) is 0.400. The second kappa shape index (κ2) is 4.87. The molecule has 0 amide bonds. The summed E-state index contributed by atoms with van der Waals surface area (Å²) in [4.78, 5) is 13.8. The van der Waals surface area contributed by atoms with Gasteiger partial charge in [-0.05, 0) is 32.6 Å². The summed E-state index contributed by atoms with van der Waals surface area (Å²) in [6.07, 6.45) is 12.2. The van der Waals surface area contributed by atoms with Crippen LogP contribution in [0, 0.1) is 0 Å². The van der Waals surface area contributed by atoms with Crippen LogP contribution in [0.2, 0.25) is 0 Å². The van der Waals surface area contributed by atoms with E-state index in [1.54, 1.807) is 6.20 Å². The number of aromatic nitrogens is 5. The van der Waals surface area contributed by atoms with E-state index < -0.39 is 0 Å². The van der Waals surface area contributed by atoms with E-state index in [1.807, 2.05) is 23.1 Å². The molecule has 0 radical (unpaired) electrons. The molecule has 0 aliphatic heterocycles. The fourth-order valence-electron chi connectivity index (χ4n) is 2.99. The Hall–Kier alpha value is -2.37. The zero-order valence-corrected chi connectivity index (χ0v) is 12.1. The predicted octanol–water partition coefficient (Wildman–Crippen LogP) is 2.23. The highest BCUT2D eigenvalue weighted by molar-refractivity contribution is 5.59. The summed E-state index contributed by atoms with van der Waals surface area (Å²) in [5.74, 6) is 1.71. The molecule has 108 valence electrons. The van der Waals surface area contributed by atoms with Crippen LogP contribution in [0.25, 0.3) is 11.5 Å². The normalized spacial score (nSPS) is 14.3. The van der Waals surface area contributed by atoms with Crippen LogP contribution in [0.4, 0.5) is 5.82 Å². The number of aryl methyl sites for hydroxylation is 1. The summed E-state index contributed by atoms with van der Waals surface area (Å²) in [5, 5.41) is 3.28. The Bertz CT molecular complexity index is 785. The SMILES string of the molecule is CCNc1cn2ccnc2c(-n2cnc3c2CCCC3)n1. The lowest BCUT2D eigenvalue weighted by atomic mass is 10.0. The first-order valence-electron chi connectivity index (χ1n) is 7.50. The molecule has 0 unspecified atom stereocenters.